The normalized spacial score (nSPS) is 25.6. The molecule has 0 bridgehead atoms. The number of benzene rings is 1. The van der Waals surface area contributed by atoms with Crippen LogP contribution in [0.3, 0.4) is 0 Å². The highest BCUT2D eigenvalue weighted by Crippen LogP contribution is 2.35. The molecule has 0 amide bonds. The lowest BCUT2D eigenvalue weighted by atomic mass is 9.91. The molecule has 1 aromatic carbocycles. The van der Waals surface area contributed by atoms with Gasteiger partial charge in [-0.25, -0.2) is 0 Å². The Morgan fingerprint density at radius 2 is 2.25 bits per heavy atom. The second-order valence-electron chi connectivity index (χ2n) is 5.53. The minimum absolute atomic E-state index is 0.199. The predicted octanol–water partition coefficient (Wildman–Crippen LogP) is 2.71. The lowest BCUT2D eigenvalue weighted by Gasteiger charge is -2.30. The molecule has 4 heteroatoms. The van der Waals surface area contributed by atoms with Crippen LogP contribution in [0.25, 0.3) is 11.3 Å². The zero-order valence-corrected chi connectivity index (χ0v) is 11.3. The van der Waals surface area contributed by atoms with E-state index in [0.717, 1.165) is 30.9 Å². The van der Waals surface area contributed by atoms with Gasteiger partial charge in [-0.3, -0.25) is 0 Å². The van der Waals surface area contributed by atoms with E-state index in [1.165, 1.54) is 24.0 Å². The van der Waals surface area contributed by atoms with Crippen molar-refractivity contribution in [3.8, 4) is 11.3 Å². The minimum atomic E-state index is 0.199. The second-order valence-corrected chi connectivity index (χ2v) is 5.53. The van der Waals surface area contributed by atoms with Crippen LogP contribution in [0, 0.1) is 0 Å². The van der Waals surface area contributed by atoms with Crippen LogP contribution >= 0.6 is 0 Å². The highest BCUT2D eigenvalue weighted by molar-refractivity contribution is 5.59. The monoisotopic (exact) mass is 270 g/mol. The largest absolute Gasteiger partial charge is 0.372 e. The Balaban J connectivity index is 1.69. The van der Waals surface area contributed by atoms with Crippen molar-refractivity contribution < 1.29 is 9.26 Å². The zero-order chi connectivity index (χ0) is 13.4. The summed E-state index contributed by atoms with van der Waals surface area (Å²) >= 11 is 0. The minimum Gasteiger partial charge on any atom is -0.372 e. The number of fused-ring (bicyclic) bond motifs is 1. The summed E-state index contributed by atoms with van der Waals surface area (Å²) in [6, 6.07) is 8.88. The molecular weight excluding hydrogens is 252 g/mol. The number of nitrogens with zero attached hydrogens (tertiary/aromatic N) is 1. The molecule has 3 heterocycles. The van der Waals surface area contributed by atoms with E-state index in [1.54, 1.807) is 6.20 Å². The van der Waals surface area contributed by atoms with Gasteiger partial charge in [-0.15, -0.1) is 0 Å². The quantitative estimate of drug-likeness (QED) is 0.911. The lowest BCUT2D eigenvalue weighted by molar-refractivity contribution is 0.0199. The van der Waals surface area contributed by atoms with Crippen molar-refractivity contribution in [3.63, 3.8) is 0 Å². The van der Waals surface area contributed by atoms with E-state index < -0.39 is 0 Å². The van der Waals surface area contributed by atoms with Crippen molar-refractivity contribution in [1.29, 1.82) is 0 Å². The molecule has 1 N–H and O–H groups in total. The molecule has 104 valence electrons. The number of hydrogen-bond donors (Lipinski definition) is 1. The molecule has 2 aliphatic heterocycles. The molecule has 2 atom stereocenters. The fraction of sp³-hybridized carbons (Fsp3) is 0.438. The second kappa shape index (κ2) is 5.04. The Bertz CT molecular complexity index is 589. The maximum absolute atomic E-state index is 6.02. The van der Waals surface area contributed by atoms with Gasteiger partial charge >= 0.3 is 0 Å². The van der Waals surface area contributed by atoms with Gasteiger partial charge in [0.2, 0.25) is 0 Å². The summed E-state index contributed by atoms with van der Waals surface area (Å²) in [6.07, 6.45) is 5.30. The van der Waals surface area contributed by atoms with Crippen LogP contribution in [0.1, 0.15) is 30.1 Å². The van der Waals surface area contributed by atoms with Crippen molar-refractivity contribution >= 4 is 0 Å². The summed E-state index contributed by atoms with van der Waals surface area (Å²) in [5.41, 5.74) is 3.81. The summed E-state index contributed by atoms with van der Waals surface area (Å²) < 4.78 is 11.3. The van der Waals surface area contributed by atoms with Crippen LogP contribution in [0.5, 0.6) is 0 Å². The van der Waals surface area contributed by atoms with Crippen LogP contribution in [-0.4, -0.2) is 24.4 Å². The first-order chi connectivity index (χ1) is 9.92. The SMILES string of the molecule is c1cc(-c2ccc3c(c2)CCOC3C2CCCN2)on1. The van der Waals surface area contributed by atoms with E-state index in [0.29, 0.717) is 6.04 Å². The molecule has 4 rings (SSSR count). The number of nitrogens with one attached hydrogen (secondary N) is 1. The molecule has 1 fully saturated rings. The maximum Gasteiger partial charge on any atom is 0.166 e. The highest BCUT2D eigenvalue weighted by Gasteiger charge is 2.30. The zero-order valence-electron chi connectivity index (χ0n) is 11.3. The highest BCUT2D eigenvalue weighted by atomic mass is 16.5. The van der Waals surface area contributed by atoms with Crippen LogP contribution in [0.2, 0.25) is 0 Å². The van der Waals surface area contributed by atoms with Gasteiger partial charge in [-0.2, -0.15) is 0 Å². The average Bonchev–Trinajstić information content (AvgIpc) is 3.19. The Hall–Kier alpha value is -1.65. The molecule has 0 radical (unpaired) electrons. The van der Waals surface area contributed by atoms with E-state index in [1.807, 2.05) is 6.07 Å². The Morgan fingerprint density at radius 3 is 3.05 bits per heavy atom. The summed E-state index contributed by atoms with van der Waals surface area (Å²) in [7, 11) is 0. The van der Waals surface area contributed by atoms with Crippen molar-refractivity contribution in [1.82, 2.24) is 10.5 Å². The number of hydrogen-bond acceptors (Lipinski definition) is 4. The van der Waals surface area contributed by atoms with Gasteiger partial charge in [0.25, 0.3) is 0 Å². The number of aromatic nitrogens is 1. The molecule has 1 saturated heterocycles. The van der Waals surface area contributed by atoms with Crippen molar-refractivity contribution in [2.24, 2.45) is 0 Å². The van der Waals surface area contributed by atoms with E-state index in [4.69, 9.17) is 9.26 Å². The topological polar surface area (TPSA) is 47.3 Å². The summed E-state index contributed by atoms with van der Waals surface area (Å²) in [5, 5.41) is 7.33. The third-order valence-electron chi connectivity index (χ3n) is 4.30. The Labute approximate surface area is 118 Å². The Morgan fingerprint density at radius 1 is 1.25 bits per heavy atom. The number of ether oxygens (including phenoxy) is 1. The molecule has 2 unspecified atom stereocenters. The van der Waals surface area contributed by atoms with Gasteiger partial charge in [-0.1, -0.05) is 17.3 Å². The molecule has 2 aliphatic rings. The molecule has 0 spiro atoms. The van der Waals surface area contributed by atoms with E-state index in [2.05, 4.69) is 28.7 Å². The molecule has 20 heavy (non-hydrogen) atoms. The van der Waals surface area contributed by atoms with Crippen molar-refractivity contribution in [2.75, 3.05) is 13.2 Å². The first-order valence-electron chi connectivity index (χ1n) is 7.31. The first kappa shape index (κ1) is 12.1. The van der Waals surface area contributed by atoms with Gasteiger partial charge in [0.05, 0.1) is 18.9 Å². The molecule has 0 aliphatic carbocycles. The van der Waals surface area contributed by atoms with Gasteiger partial charge in [0, 0.05) is 17.7 Å². The van der Waals surface area contributed by atoms with Crippen LogP contribution in [0.4, 0.5) is 0 Å². The summed E-state index contributed by atoms with van der Waals surface area (Å²) in [4.78, 5) is 0. The predicted molar refractivity (Wildman–Crippen MR) is 75.4 cm³/mol. The van der Waals surface area contributed by atoms with Crippen molar-refractivity contribution in [2.45, 2.75) is 31.4 Å². The fourth-order valence-corrected chi connectivity index (χ4v) is 3.31. The van der Waals surface area contributed by atoms with Crippen LogP contribution < -0.4 is 5.32 Å². The van der Waals surface area contributed by atoms with Crippen LogP contribution in [0.15, 0.2) is 35.0 Å². The average molecular weight is 270 g/mol. The maximum atomic E-state index is 6.02. The fourth-order valence-electron chi connectivity index (χ4n) is 3.31. The van der Waals surface area contributed by atoms with Crippen molar-refractivity contribution in [3.05, 3.63) is 41.6 Å². The summed E-state index contributed by atoms with van der Waals surface area (Å²) in [5.74, 6) is 0.829. The molecule has 2 aromatic rings. The Kier molecular flexibility index (Phi) is 3.05. The molecule has 0 saturated carbocycles. The van der Waals surface area contributed by atoms with E-state index in [-0.39, 0.29) is 6.10 Å². The number of rotatable bonds is 2. The van der Waals surface area contributed by atoms with Gasteiger partial charge in [0.1, 0.15) is 0 Å². The molecule has 4 nitrogen and oxygen atoms in total. The smallest absolute Gasteiger partial charge is 0.166 e. The van der Waals surface area contributed by atoms with E-state index in [9.17, 15) is 0 Å². The lowest BCUT2D eigenvalue weighted by Crippen LogP contribution is -2.33. The van der Waals surface area contributed by atoms with E-state index >= 15 is 0 Å². The van der Waals surface area contributed by atoms with Gasteiger partial charge in [0.15, 0.2) is 5.76 Å². The van der Waals surface area contributed by atoms with Gasteiger partial charge in [-0.05, 0) is 43.0 Å². The van der Waals surface area contributed by atoms with Crippen LogP contribution in [-0.2, 0) is 11.2 Å². The molecule has 1 aromatic heterocycles. The first-order valence-corrected chi connectivity index (χ1v) is 7.31. The van der Waals surface area contributed by atoms with Gasteiger partial charge < -0.3 is 14.6 Å². The standard InChI is InChI=1S/C16H18N2O2/c1-2-14(17-7-1)16-13-4-3-12(15-5-8-18-20-15)10-11(13)6-9-19-16/h3-5,8,10,14,16-17H,1-2,6-7,9H2. The molecular formula is C16H18N2O2. The summed E-state index contributed by atoms with van der Waals surface area (Å²) in [6.45, 7) is 1.91. The third kappa shape index (κ3) is 2.05. The third-order valence-corrected chi connectivity index (χ3v) is 4.30.